The van der Waals surface area contributed by atoms with Crippen molar-refractivity contribution < 1.29 is 14.3 Å². The number of fused-ring (bicyclic) bond motifs is 1. The van der Waals surface area contributed by atoms with Crippen LogP contribution in [0.15, 0.2) is 36.5 Å². The molecule has 7 heteroatoms. The number of benzene rings is 1. The molecule has 2 heterocycles. The van der Waals surface area contributed by atoms with Crippen LogP contribution in [0.5, 0.6) is 5.75 Å². The van der Waals surface area contributed by atoms with Gasteiger partial charge in [0.2, 0.25) is 11.8 Å². The second-order valence-corrected chi connectivity index (χ2v) is 9.96. The number of hydrogen-bond donors (Lipinski definition) is 2. The molecule has 7 nitrogen and oxygen atoms in total. The van der Waals surface area contributed by atoms with Crippen LogP contribution in [0.3, 0.4) is 0 Å². The number of methoxy groups -OCH3 is 1. The van der Waals surface area contributed by atoms with Crippen molar-refractivity contribution in [3.8, 4) is 5.75 Å². The van der Waals surface area contributed by atoms with Crippen molar-refractivity contribution >= 4 is 23.7 Å². The smallest absolute Gasteiger partial charge is 0.246 e. The molecule has 1 aliphatic heterocycles. The summed E-state index contributed by atoms with van der Waals surface area (Å²) in [6.07, 6.45) is 13.3. The number of pyridine rings is 1. The van der Waals surface area contributed by atoms with Crippen molar-refractivity contribution in [1.82, 2.24) is 15.2 Å². The Morgan fingerprint density at radius 1 is 1.25 bits per heavy atom. The maximum Gasteiger partial charge on any atom is 0.246 e. The summed E-state index contributed by atoms with van der Waals surface area (Å²) in [7, 11) is 3.51. The molecule has 1 fully saturated rings. The molecule has 1 spiro atoms. The van der Waals surface area contributed by atoms with E-state index in [9.17, 15) is 9.59 Å². The van der Waals surface area contributed by atoms with Crippen LogP contribution < -0.4 is 15.4 Å². The summed E-state index contributed by atoms with van der Waals surface area (Å²) in [5, 5.41) is 6.48. The number of rotatable bonds is 9. The summed E-state index contributed by atoms with van der Waals surface area (Å²) >= 11 is 0. The van der Waals surface area contributed by atoms with Crippen LogP contribution in [-0.4, -0.2) is 41.4 Å². The molecule has 2 aromatic rings. The topological polar surface area (TPSA) is 83.6 Å². The van der Waals surface area contributed by atoms with Crippen LogP contribution in [0.25, 0.3) is 6.08 Å². The molecule has 192 valence electrons. The molecule has 0 atom stereocenters. The van der Waals surface area contributed by atoms with Crippen LogP contribution in [-0.2, 0) is 29.1 Å². The molecule has 0 saturated heterocycles. The third-order valence-electron chi connectivity index (χ3n) is 7.41. The van der Waals surface area contributed by atoms with E-state index in [0.29, 0.717) is 18.9 Å². The fourth-order valence-electron chi connectivity index (χ4n) is 5.24. The summed E-state index contributed by atoms with van der Waals surface area (Å²) in [4.78, 5) is 31.9. The molecule has 2 amide bonds. The van der Waals surface area contributed by atoms with E-state index in [4.69, 9.17) is 4.74 Å². The Labute approximate surface area is 214 Å². The maximum atomic E-state index is 12.9. The number of aromatic nitrogens is 1. The number of ether oxygens (including phenoxy) is 1. The van der Waals surface area contributed by atoms with E-state index in [2.05, 4.69) is 28.6 Å². The van der Waals surface area contributed by atoms with Crippen LogP contribution in [0.2, 0.25) is 0 Å². The van der Waals surface area contributed by atoms with Gasteiger partial charge in [-0.1, -0.05) is 44.7 Å². The predicted octanol–water partition coefficient (Wildman–Crippen LogP) is 4.85. The van der Waals surface area contributed by atoms with Gasteiger partial charge in [-0.3, -0.25) is 14.9 Å². The molecule has 0 unspecified atom stereocenters. The zero-order valence-corrected chi connectivity index (χ0v) is 21.7. The zero-order chi connectivity index (χ0) is 25.5. The highest BCUT2D eigenvalue weighted by molar-refractivity contribution is 5.99. The fourth-order valence-corrected chi connectivity index (χ4v) is 5.24. The van der Waals surface area contributed by atoms with Crippen LogP contribution in [0, 0.1) is 0 Å². The first-order chi connectivity index (χ1) is 17.5. The molecule has 0 radical (unpaired) electrons. The molecule has 2 aliphatic rings. The number of anilines is 1. The molecule has 36 heavy (non-hydrogen) atoms. The van der Waals surface area contributed by atoms with E-state index in [0.717, 1.165) is 67.4 Å². The van der Waals surface area contributed by atoms with Gasteiger partial charge in [0.25, 0.3) is 0 Å². The SMILES string of the molecule is CCCCCc1c(CN(C)C(=O)/C=C/c2cnc3c(c2)CNC2(CCCC2)C(=O)N3)cccc1OC. The van der Waals surface area contributed by atoms with Gasteiger partial charge in [0.15, 0.2) is 0 Å². The number of nitrogens with zero attached hydrogens (tertiary/aromatic N) is 2. The fraction of sp³-hybridized carbons (Fsp3) is 0.483. The van der Waals surface area contributed by atoms with Crippen molar-refractivity contribution in [2.75, 3.05) is 19.5 Å². The molecule has 1 saturated carbocycles. The molecule has 1 aromatic carbocycles. The molecule has 1 aromatic heterocycles. The number of hydrogen-bond acceptors (Lipinski definition) is 5. The van der Waals surface area contributed by atoms with Crippen molar-refractivity contribution in [3.05, 3.63) is 58.8 Å². The lowest BCUT2D eigenvalue weighted by Gasteiger charge is -2.26. The van der Waals surface area contributed by atoms with Gasteiger partial charge in [0, 0.05) is 38.0 Å². The first-order valence-electron chi connectivity index (χ1n) is 13.1. The minimum Gasteiger partial charge on any atom is -0.496 e. The summed E-state index contributed by atoms with van der Waals surface area (Å²) in [5.41, 5.74) is 3.58. The molecule has 0 bridgehead atoms. The van der Waals surface area contributed by atoms with E-state index in [1.165, 1.54) is 12.0 Å². The average molecular weight is 491 g/mol. The van der Waals surface area contributed by atoms with E-state index in [-0.39, 0.29) is 11.8 Å². The Bertz CT molecular complexity index is 1120. The minimum absolute atomic E-state index is 0.0120. The molecule has 2 N–H and O–H groups in total. The van der Waals surface area contributed by atoms with Gasteiger partial charge in [0.05, 0.1) is 12.6 Å². The third-order valence-corrected chi connectivity index (χ3v) is 7.41. The van der Waals surface area contributed by atoms with Gasteiger partial charge in [0.1, 0.15) is 11.6 Å². The third kappa shape index (κ3) is 5.78. The molecular weight excluding hydrogens is 452 g/mol. The highest BCUT2D eigenvalue weighted by atomic mass is 16.5. The Kier molecular flexibility index (Phi) is 8.41. The van der Waals surface area contributed by atoms with E-state index >= 15 is 0 Å². The zero-order valence-electron chi connectivity index (χ0n) is 21.7. The first-order valence-corrected chi connectivity index (χ1v) is 13.1. The number of amides is 2. The number of carbonyl (C=O) groups excluding carboxylic acids is 2. The van der Waals surface area contributed by atoms with Crippen LogP contribution >= 0.6 is 0 Å². The number of nitrogens with one attached hydrogen (secondary N) is 2. The van der Waals surface area contributed by atoms with Gasteiger partial charge < -0.3 is 15.0 Å². The van der Waals surface area contributed by atoms with Crippen molar-refractivity contribution in [3.63, 3.8) is 0 Å². The molecular formula is C29H38N4O3. The first kappa shape index (κ1) is 25.9. The lowest BCUT2D eigenvalue weighted by Crippen LogP contribution is -2.50. The Hall–Kier alpha value is -3.19. The summed E-state index contributed by atoms with van der Waals surface area (Å²) in [6, 6.07) is 8.03. The second-order valence-electron chi connectivity index (χ2n) is 9.96. The number of likely N-dealkylation sites (N-methyl/N-ethyl adjacent to an activating group) is 1. The van der Waals surface area contributed by atoms with Gasteiger partial charge >= 0.3 is 0 Å². The predicted molar refractivity (Wildman–Crippen MR) is 143 cm³/mol. The van der Waals surface area contributed by atoms with Crippen molar-refractivity contribution in [1.29, 1.82) is 0 Å². The number of carbonyl (C=O) groups is 2. The van der Waals surface area contributed by atoms with Crippen LogP contribution in [0.4, 0.5) is 5.82 Å². The second kappa shape index (κ2) is 11.7. The Morgan fingerprint density at radius 2 is 2.06 bits per heavy atom. The minimum atomic E-state index is -0.481. The monoisotopic (exact) mass is 490 g/mol. The summed E-state index contributed by atoms with van der Waals surface area (Å²) < 4.78 is 5.60. The molecule has 4 rings (SSSR count). The lowest BCUT2D eigenvalue weighted by molar-refractivity contribution is -0.125. The largest absolute Gasteiger partial charge is 0.496 e. The van der Waals surface area contributed by atoms with Gasteiger partial charge in [-0.05, 0) is 60.6 Å². The Balaban J connectivity index is 1.42. The van der Waals surface area contributed by atoms with Gasteiger partial charge in [-0.25, -0.2) is 4.98 Å². The highest BCUT2D eigenvalue weighted by Gasteiger charge is 2.42. The summed E-state index contributed by atoms with van der Waals surface area (Å²) in [6.45, 7) is 3.29. The summed E-state index contributed by atoms with van der Waals surface area (Å²) in [5.74, 6) is 1.42. The maximum absolute atomic E-state index is 12.9. The number of unbranched alkanes of at least 4 members (excludes halogenated alkanes) is 2. The van der Waals surface area contributed by atoms with E-state index in [1.54, 1.807) is 30.4 Å². The molecule has 1 aliphatic carbocycles. The quantitative estimate of drug-likeness (QED) is 0.388. The van der Waals surface area contributed by atoms with E-state index < -0.39 is 5.54 Å². The van der Waals surface area contributed by atoms with Gasteiger partial charge in [-0.15, -0.1) is 0 Å². The normalized spacial score (nSPS) is 16.6. The lowest BCUT2D eigenvalue weighted by atomic mass is 9.97. The van der Waals surface area contributed by atoms with Crippen molar-refractivity contribution in [2.45, 2.75) is 76.9 Å². The average Bonchev–Trinajstić information content (AvgIpc) is 3.33. The van der Waals surface area contributed by atoms with Crippen LogP contribution in [0.1, 0.15) is 74.1 Å². The standard InChI is InChI=1S/C29H38N4O3/c1-4-5-6-11-24-22(10-9-12-25(24)36-3)20-33(2)26(34)14-13-21-17-23-19-31-29(15-7-8-16-29)28(35)32-27(23)30-18-21/h9-10,12-14,17-18,31H,4-8,11,15-16,19-20H2,1-3H3,(H,30,32,35)/b14-13+. The van der Waals surface area contributed by atoms with Gasteiger partial charge in [-0.2, -0.15) is 0 Å². The van der Waals surface area contributed by atoms with E-state index in [1.807, 2.05) is 25.2 Å². The van der Waals surface area contributed by atoms with Crippen molar-refractivity contribution in [2.24, 2.45) is 0 Å². The Morgan fingerprint density at radius 3 is 2.81 bits per heavy atom. The highest BCUT2D eigenvalue weighted by Crippen LogP contribution is 2.34.